The summed E-state index contributed by atoms with van der Waals surface area (Å²) >= 11 is 1.76. The Bertz CT molecular complexity index is 717. The molecule has 3 aromatic rings. The molecule has 2 aromatic heterocycles. The molecule has 1 aromatic carbocycles. The van der Waals surface area contributed by atoms with Crippen LogP contribution in [0.4, 0.5) is 0 Å². The van der Waals surface area contributed by atoms with Crippen LogP contribution < -0.4 is 5.32 Å². The van der Waals surface area contributed by atoms with Crippen LogP contribution in [0, 0.1) is 0 Å². The summed E-state index contributed by atoms with van der Waals surface area (Å²) in [7, 11) is 0. The highest BCUT2D eigenvalue weighted by molar-refractivity contribution is 7.07. The minimum Gasteiger partial charge on any atom is -0.339 e. The van der Waals surface area contributed by atoms with Gasteiger partial charge in [-0.05, 0) is 60.7 Å². The van der Waals surface area contributed by atoms with E-state index in [0.717, 1.165) is 13.1 Å². The second kappa shape index (κ2) is 5.66. The molecule has 0 radical (unpaired) electrons. The lowest BCUT2D eigenvalue weighted by molar-refractivity contribution is 0.417. The number of nitrogens with zero attached hydrogens (tertiary/aromatic N) is 1. The maximum atomic E-state index is 3.60. The molecule has 0 aliphatic rings. The maximum absolute atomic E-state index is 3.60. The number of fused-ring (bicyclic) bond motifs is 1. The minimum absolute atomic E-state index is 0.129. The first-order valence-electron chi connectivity index (χ1n) is 7.36. The van der Waals surface area contributed by atoms with Gasteiger partial charge in [0, 0.05) is 29.8 Å². The van der Waals surface area contributed by atoms with Crippen LogP contribution >= 0.6 is 11.3 Å². The summed E-state index contributed by atoms with van der Waals surface area (Å²) in [4.78, 5) is 0. The van der Waals surface area contributed by atoms with Gasteiger partial charge in [0.05, 0.1) is 0 Å². The quantitative estimate of drug-likeness (QED) is 0.742. The highest BCUT2D eigenvalue weighted by Gasteiger charge is 2.13. The summed E-state index contributed by atoms with van der Waals surface area (Å²) < 4.78 is 2.43. The SMILES string of the molecule is CC(C)(C)NCc1cc2ccccc2n1Cc1ccsc1. The zero-order chi connectivity index (χ0) is 14.9. The molecule has 0 aliphatic carbocycles. The molecule has 0 fully saturated rings. The van der Waals surface area contributed by atoms with Crippen molar-refractivity contribution in [3.8, 4) is 0 Å². The van der Waals surface area contributed by atoms with Crippen LogP contribution in [0.2, 0.25) is 0 Å². The molecule has 0 saturated carbocycles. The van der Waals surface area contributed by atoms with Gasteiger partial charge in [0.25, 0.3) is 0 Å². The van der Waals surface area contributed by atoms with Crippen LogP contribution in [0.25, 0.3) is 10.9 Å². The number of hydrogen-bond acceptors (Lipinski definition) is 2. The lowest BCUT2D eigenvalue weighted by atomic mass is 10.1. The first-order chi connectivity index (χ1) is 10.0. The summed E-state index contributed by atoms with van der Waals surface area (Å²) in [5.74, 6) is 0. The van der Waals surface area contributed by atoms with Gasteiger partial charge in [0.15, 0.2) is 0 Å². The molecule has 21 heavy (non-hydrogen) atoms. The third kappa shape index (κ3) is 3.36. The molecule has 1 N–H and O–H groups in total. The van der Waals surface area contributed by atoms with E-state index >= 15 is 0 Å². The Hall–Kier alpha value is -1.58. The van der Waals surface area contributed by atoms with Gasteiger partial charge in [-0.3, -0.25) is 0 Å². The first-order valence-corrected chi connectivity index (χ1v) is 8.30. The molecule has 0 aliphatic heterocycles. The molecule has 2 heterocycles. The normalized spacial score (nSPS) is 12.1. The molecule has 0 unspecified atom stereocenters. The van der Waals surface area contributed by atoms with E-state index < -0.39 is 0 Å². The number of rotatable bonds is 4. The van der Waals surface area contributed by atoms with Crippen LogP contribution in [0.15, 0.2) is 47.2 Å². The van der Waals surface area contributed by atoms with E-state index in [-0.39, 0.29) is 5.54 Å². The van der Waals surface area contributed by atoms with Crippen molar-refractivity contribution in [2.45, 2.75) is 39.4 Å². The Morgan fingerprint density at radius 1 is 1.14 bits per heavy atom. The van der Waals surface area contributed by atoms with E-state index in [9.17, 15) is 0 Å². The average Bonchev–Trinajstić information content (AvgIpc) is 3.05. The molecule has 0 spiro atoms. The largest absolute Gasteiger partial charge is 0.339 e. The molecule has 110 valence electrons. The standard InChI is InChI=1S/C18H22N2S/c1-18(2,3)19-11-16-10-15-6-4-5-7-17(15)20(16)12-14-8-9-21-13-14/h4-10,13,19H,11-12H2,1-3H3. The summed E-state index contributed by atoms with van der Waals surface area (Å²) in [6.45, 7) is 8.46. The van der Waals surface area contributed by atoms with Gasteiger partial charge >= 0.3 is 0 Å². The molecular formula is C18H22N2S. The van der Waals surface area contributed by atoms with E-state index in [1.165, 1.54) is 22.2 Å². The van der Waals surface area contributed by atoms with Gasteiger partial charge in [-0.15, -0.1) is 0 Å². The molecule has 3 rings (SSSR count). The summed E-state index contributed by atoms with van der Waals surface area (Å²) in [5.41, 5.74) is 4.16. The zero-order valence-corrected chi connectivity index (χ0v) is 13.7. The van der Waals surface area contributed by atoms with Crippen molar-refractivity contribution in [3.05, 3.63) is 58.4 Å². The predicted octanol–water partition coefficient (Wildman–Crippen LogP) is 4.64. The fourth-order valence-corrected chi connectivity index (χ4v) is 3.18. The Balaban J connectivity index is 1.97. The first kappa shape index (κ1) is 14.4. The van der Waals surface area contributed by atoms with Crippen LogP contribution in [0.1, 0.15) is 32.0 Å². The molecule has 3 heteroatoms. The number of hydrogen-bond donors (Lipinski definition) is 1. The summed E-state index contributed by atoms with van der Waals surface area (Å²) in [5, 5.41) is 9.30. The maximum Gasteiger partial charge on any atom is 0.0487 e. The molecule has 2 nitrogen and oxygen atoms in total. The van der Waals surface area contributed by atoms with Crippen molar-refractivity contribution in [2.75, 3.05) is 0 Å². The van der Waals surface area contributed by atoms with E-state index in [0.29, 0.717) is 0 Å². The monoisotopic (exact) mass is 298 g/mol. The summed E-state index contributed by atoms with van der Waals surface area (Å²) in [6, 6.07) is 13.1. The Morgan fingerprint density at radius 3 is 2.67 bits per heavy atom. The van der Waals surface area contributed by atoms with Gasteiger partial charge in [0.1, 0.15) is 0 Å². The molecule has 0 atom stereocenters. The molecule has 0 bridgehead atoms. The number of nitrogens with one attached hydrogen (secondary N) is 1. The second-order valence-electron chi connectivity index (χ2n) is 6.52. The summed E-state index contributed by atoms with van der Waals surface area (Å²) in [6.07, 6.45) is 0. The van der Waals surface area contributed by atoms with Crippen molar-refractivity contribution >= 4 is 22.2 Å². The second-order valence-corrected chi connectivity index (χ2v) is 7.30. The van der Waals surface area contributed by atoms with Crippen molar-refractivity contribution < 1.29 is 0 Å². The number of thiophene rings is 1. The highest BCUT2D eigenvalue weighted by atomic mass is 32.1. The zero-order valence-electron chi connectivity index (χ0n) is 12.9. The highest BCUT2D eigenvalue weighted by Crippen LogP contribution is 2.22. The third-order valence-corrected chi connectivity index (χ3v) is 4.35. The molecular weight excluding hydrogens is 276 g/mol. The average molecular weight is 298 g/mol. The lowest BCUT2D eigenvalue weighted by Gasteiger charge is -2.21. The van der Waals surface area contributed by atoms with Gasteiger partial charge in [-0.2, -0.15) is 11.3 Å². The number of aromatic nitrogens is 1. The number of para-hydroxylation sites is 1. The smallest absolute Gasteiger partial charge is 0.0487 e. The lowest BCUT2D eigenvalue weighted by Crippen LogP contribution is -2.35. The fourth-order valence-electron chi connectivity index (χ4n) is 2.52. The van der Waals surface area contributed by atoms with Gasteiger partial charge in [-0.25, -0.2) is 0 Å². The minimum atomic E-state index is 0.129. The Labute approximate surface area is 130 Å². The van der Waals surface area contributed by atoms with Crippen molar-refractivity contribution in [2.24, 2.45) is 0 Å². The topological polar surface area (TPSA) is 17.0 Å². The van der Waals surface area contributed by atoms with Crippen LogP contribution in [0.3, 0.4) is 0 Å². The molecule has 0 amide bonds. The fraction of sp³-hybridized carbons (Fsp3) is 0.333. The van der Waals surface area contributed by atoms with Crippen molar-refractivity contribution in [1.29, 1.82) is 0 Å². The predicted molar refractivity (Wildman–Crippen MR) is 92.0 cm³/mol. The van der Waals surface area contributed by atoms with Gasteiger partial charge in [-0.1, -0.05) is 18.2 Å². The Kier molecular flexibility index (Phi) is 3.87. The van der Waals surface area contributed by atoms with Crippen LogP contribution in [-0.2, 0) is 13.1 Å². The van der Waals surface area contributed by atoms with Crippen molar-refractivity contribution in [3.63, 3.8) is 0 Å². The van der Waals surface area contributed by atoms with E-state index in [1.54, 1.807) is 11.3 Å². The van der Waals surface area contributed by atoms with E-state index in [2.05, 4.69) is 77.8 Å². The van der Waals surface area contributed by atoms with Crippen LogP contribution in [-0.4, -0.2) is 10.1 Å². The molecule has 0 saturated heterocycles. The van der Waals surface area contributed by atoms with E-state index in [4.69, 9.17) is 0 Å². The number of benzene rings is 1. The van der Waals surface area contributed by atoms with Crippen molar-refractivity contribution in [1.82, 2.24) is 9.88 Å². The van der Waals surface area contributed by atoms with E-state index in [1.807, 2.05) is 0 Å². The van der Waals surface area contributed by atoms with Gasteiger partial charge < -0.3 is 9.88 Å². The Morgan fingerprint density at radius 2 is 1.95 bits per heavy atom. The third-order valence-electron chi connectivity index (χ3n) is 3.62. The van der Waals surface area contributed by atoms with Gasteiger partial charge in [0.2, 0.25) is 0 Å². The van der Waals surface area contributed by atoms with Crippen LogP contribution in [0.5, 0.6) is 0 Å².